The molecule has 0 aliphatic heterocycles. The molecule has 27 heavy (non-hydrogen) atoms. The molecule has 0 atom stereocenters. The number of nitrogens with zero attached hydrogens (tertiary/aromatic N) is 1. The van der Waals surface area contributed by atoms with Gasteiger partial charge in [0.05, 0.1) is 11.3 Å². The maximum Gasteiger partial charge on any atom is 0.253 e. The Morgan fingerprint density at radius 1 is 1.04 bits per heavy atom. The van der Waals surface area contributed by atoms with Crippen molar-refractivity contribution in [1.82, 2.24) is 9.88 Å². The first-order chi connectivity index (χ1) is 12.9. The first kappa shape index (κ1) is 18.9. The Bertz CT molecular complexity index is 938. The maximum atomic E-state index is 13.4. The highest BCUT2D eigenvalue weighted by molar-refractivity contribution is 5.97. The molecule has 0 bridgehead atoms. The number of benzene rings is 2. The predicted octanol–water partition coefficient (Wildman–Crippen LogP) is 5.29. The third kappa shape index (κ3) is 4.11. The highest BCUT2D eigenvalue weighted by atomic mass is 19.1. The molecule has 0 aliphatic carbocycles. The average molecular weight is 364 g/mol. The molecule has 0 radical (unpaired) electrons. The van der Waals surface area contributed by atoms with Crippen LogP contribution >= 0.6 is 0 Å². The van der Waals surface area contributed by atoms with E-state index in [2.05, 4.69) is 23.7 Å². The van der Waals surface area contributed by atoms with Crippen LogP contribution in [-0.2, 0) is 0 Å². The van der Waals surface area contributed by atoms with Gasteiger partial charge in [0.2, 0.25) is 0 Å². The summed E-state index contributed by atoms with van der Waals surface area (Å²) in [6, 6.07) is 16.4. The molecule has 0 saturated carbocycles. The highest BCUT2D eigenvalue weighted by Crippen LogP contribution is 2.30. The van der Waals surface area contributed by atoms with Gasteiger partial charge in [-0.2, -0.15) is 0 Å². The third-order valence-corrected chi connectivity index (χ3v) is 4.59. The van der Waals surface area contributed by atoms with Crippen LogP contribution in [0.5, 0.6) is 0 Å². The van der Waals surface area contributed by atoms with Crippen LogP contribution in [-0.4, -0.2) is 17.0 Å². The molecule has 0 saturated heterocycles. The first-order valence-corrected chi connectivity index (χ1v) is 9.20. The Labute approximate surface area is 159 Å². The highest BCUT2D eigenvalue weighted by Gasteiger charge is 2.19. The van der Waals surface area contributed by atoms with E-state index in [0.29, 0.717) is 18.0 Å². The topological polar surface area (TPSA) is 34.0 Å². The van der Waals surface area contributed by atoms with Gasteiger partial charge in [0.15, 0.2) is 0 Å². The fraction of sp³-hybridized carbons (Fsp3) is 0.261. The van der Waals surface area contributed by atoms with Crippen LogP contribution in [0.3, 0.4) is 0 Å². The monoisotopic (exact) mass is 364 g/mol. The van der Waals surface area contributed by atoms with E-state index in [1.165, 1.54) is 17.7 Å². The van der Waals surface area contributed by atoms with Crippen LogP contribution < -0.4 is 5.32 Å². The Hall–Kier alpha value is -2.88. The zero-order valence-corrected chi connectivity index (χ0v) is 16.2. The lowest BCUT2D eigenvalue weighted by atomic mass is 10.1. The third-order valence-electron chi connectivity index (χ3n) is 4.59. The number of aromatic nitrogens is 1. The van der Waals surface area contributed by atoms with Gasteiger partial charge in [-0.3, -0.25) is 4.79 Å². The van der Waals surface area contributed by atoms with Crippen LogP contribution in [0.1, 0.15) is 35.5 Å². The van der Waals surface area contributed by atoms with Gasteiger partial charge in [0.1, 0.15) is 5.82 Å². The Kier molecular flexibility index (Phi) is 5.45. The van der Waals surface area contributed by atoms with Gasteiger partial charge in [0, 0.05) is 17.9 Å². The van der Waals surface area contributed by atoms with Crippen molar-refractivity contribution in [2.45, 2.75) is 27.7 Å². The Morgan fingerprint density at radius 3 is 2.26 bits per heavy atom. The summed E-state index contributed by atoms with van der Waals surface area (Å²) in [5, 5.41) is 2.99. The molecule has 4 heteroatoms. The number of amides is 1. The van der Waals surface area contributed by atoms with E-state index in [9.17, 15) is 9.18 Å². The van der Waals surface area contributed by atoms with Crippen molar-refractivity contribution in [2.24, 2.45) is 5.92 Å². The number of rotatable bonds is 5. The number of halogens is 1. The molecule has 1 heterocycles. The van der Waals surface area contributed by atoms with Crippen molar-refractivity contribution in [2.75, 3.05) is 6.54 Å². The number of carbonyl (C=O) groups excluding carboxylic acids is 1. The van der Waals surface area contributed by atoms with Crippen molar-refractivity contribution in [3.63, 3.8) is 0 Å². The average Bonchev–Trinajstić information content (AvgIpc) is 2.98. The molecular formula is C23H25FN2O. The molecule has 3 aromatic rings. The van der Waals surface area contributed by atoms with Crippen molar-refractivity contribution in [3.8, 4) is 16.9 Å². The summed E-state index contributed by atoms with van der Waals surface area (Å²) in [4.78, 5) is 12.7. The van der Waals surface area contributed by atoms with Crippen LogP contribution in [0.2, 0.25) is 0 Å². The molecule has 1 N–H and O–H groups in total. The van der Waals surface area contributed by atoms with Gasteiger partial charge < -0.3 is 9.88 Å². The smallest absolute Gasteiger partial charge is 0.253 e. The quantitative estimate of drug-likeness (QED) is 0.656. The van der Waals surface area contributed by atoms with Crippen molar-refractivity contribution >= 4 is 5.91 Å². The minimum absolute atomic E-state index is 0.0876. The molecule has 1 amide bonds. The number of hydrogen-bond acceptors (Lipinski definition) is 1. The molecule has 140 valence electrons. The van der Waals surface area contributed by atoms with E-state index in [1.54, 1.807) is 12.1 Å². The predicted molar refractivity (Wildman–Crippen MR) is 108 cm³/mol. The molecule has 0 fully saturated rings. The lowest BCUT2D eigenvalue weighted by molar-refractivity contribution is 0.0948. The van der Waals surface area contributed by atoms with Gasteiger partial charge in [0.25, 0.3) is 5.91 Å². The summed E-state index contributed by atoms with van der Waals surface area (Å²) in [6.45, 7) is 8.73. The molecule has 0 spiro atoms. The number of aryl methyl sites for hydroxylation is 1. The summed E-state index contributed by atoms with van der Waals surface area (Å²) < 4.78 is 15.4. The van der Waals surface area contributed by atoms with Crippen LogP contribution in [0.25, 0.3) is 16.9 Å². The second kappa shape index (κ2) is 7.78. The zero-order chi connectivity index (χ0) is 19.6. The number of carbonyl (C=O) groups is 1. The van der Waals surface area contributed by atoms with E-state index < -0.39 is 0 Å². The van der Waals surface area contributed by atoms with Gasteiger partial charge in [-0.15, -0.1) is 0 Å². The van der Waals surface area contributed by atoms with E-state index >= 15 is 0 Å². The summed E-state index contributed by atoms with van der Waals surface area (Å²) in [7, 11) is 0. The van der Waals surface area contributed by atoms with E-state index in [0.717, 1.165) is 22.6 Å². The SMILES string of the molecule is Cc1ccc(-n2c(-c3ccc(F)cc3)cc(C(=O)NCC(C)C)c2C)cc1. The summed E-state index contributed by atoms with van der Waals surface area (Å²) in [5.41, 5.74) is 5.37. The molecule has 3 nitrogen and oxygen atoms in total. The van der Waals surface area contributed by atoms with Crippen molar-refractivity contribution in [1.29, 1.82) is 0 Å². The fourth-order valence-electron chi connectivity index (χ4n) is 3.09. The summed E-state index contributed by atoms with van der Waals surface area (Å²) in [6.07, 6.45) is 0. The Morgan fingerprint density at radius 2 is 1.67 bits per heavy atom. The standard InChI is InChI=1S/C23H25FN2O/c1-15(2)14-25-23(27)21-13-22(18-7-9-19(24)10-8-18)26(17(21)4)20-11-5-16(3)6-12-20/h5-13,15H,14H2,1-4H3,(H,25,27). The lowest BCUT2D eigenvalue weighted by Crippen LogP contribution is -2.27. The van der Waals surface area contributed by atoms with Gasteiger partial charge in [-0.1, -0.05) is 31.5 Å². The zero-order valence-electron chi connectivity index (χ0n) is 16.2. The minimum atomic E-state index is -0.279. The van der Waals surface area contributed by atoms with E-state index in [4.69, 9.17) is 0 Å². The van der Waals surface area contributed by atoms with Gasteiger partial charge in [-0.25, -0.2) is 4.39 Å². The van der Waals surface area contributed by atoms with Gasteiger partial charge >= 0.3 is 0 Å². The second-order valence-corrected chi connectivity index (χ2v) is 7.31. The number of hydrogen-bond donors (Lipinski definition) is 1. The molecular weight excluding hydrogens is 339 g/mol. The summed E-state index contributed by atoms with van der Waals surface area (Å²) >= 11 is 0. The first-order valence-electron chi connectivity index (χ1n) is 9.20. The Balaban J connectivity index is 2.12. The molecule has 0 aliphatic rings. The summed E-state index contributed by atoms with van der Waals surface area (Å²) in [5.74, 6) is 0.0132. The van der Waals surface area contributed by atoms with Gasteiger partial charge in [-0.05, 0) is 67.8 Å². The second-order valence-electron chi connectivity index (χ2n) is 7.31. The largest absolute Gasteiger partial charge is 0.352 e. The van der Waals surface area contributed by atoms with E-state index in [-0.39, 0.29) is 11.7 Å². The molecule has 1 aromatic heterocycles. The molecule has 0 unspecified atom stereocenters. The molecule has 3 rings (SSSR count). The van der Waals surface area contributed by atoms with E-state index in [1.807, 2.05) is 44.2 Å². The fourth-order valence-corrected chi connectivity index (χ4v) is 3.09. The maximum absolute atomic E-state index is 13.4. The van der Waals surface area contributed by atoms with Crippen LogP contribution in [0, 0.1) is 25.6 Å². The lowest BCUT2D eigenvalue weighted by Gasteiger charge is -2.13. The van der Waals surface area contributed by atoms with Crippen molar-refractivity contribution < 1.29 is 9.18 Å². The number of nitrogens with one attached hydrogen (secondary N) is 1. The van der Waals surface area contributed by atoms with Crippen molar-refractivity contribution in [3.05, 3.63) is 77.2 Å². The molecule has 2 aromatic carbocycles. The van der Waals surface area contributed by atoms with Crippen LogP contribution in [0.15, 0.2) is 54.6 Å². The minimum Gasteiger partial charge on any atom is -0.352 e. The van der Waals surface area contributed by atoms with Crippen LogP contribution in [0.4, 0.5) is 4.39 Å². The normalized spacial score (nSPS) is 11.0.